The molecule has 0 aliphatic rings. The van der Waals surface area contributed by atoms with Crippen LogP contribution in [0.4, 0.5) is 5.82 Å². The van der Waals surface area contributed by atoms with Crippen molar-refractivity contribution in [2.75, 3.05) is 5.32 Å². The van der Waals surface area contributed by atoms with Gasteiger partial charge in [-0.15, -0.1) is 0 Å². The number of ketones is 1. The molecule has 1 N–H and O–H groups in total. The lowest BCUT2D eigenvalue weighted by molar-refractivity contribution is -0.117. The highest BCUT2D eigenvalue weighted by molar-refractivity contribution is 6.15. The first-order valence-corrected chi connectivity index (χ1v) is 5.93. The van der Waals surface area contributed by atoms with E-state index in [1.807, 2.05) is 0 Å². The summed E-state index contributed by atoms with van der Waals surface area (Å²) in [5, 5.41) is 11.5. The first-order valence-electron chi connectivity index (χ1n) is 5.93. The van der Waals surface area contributed by atoms with Crippen LogP contribution in [0.1, 0.15) is 10.4 Å². The number of nitrogens with zero attached hydrogens (tertiary/aromatic N) is 2. The maximum absolute atomic E-state index is 12.1. The molecule has 0 saturated carbocycles. The van der Waals surface area contributed by atoms with Gasteiger partial charge in [0.15, 0.2) is 11.7 Å². The SMILES string of the molecule is N#CC(C(=O)Nc1ccccn1)C(=O)c1ccccc1. The van der Waals surface area contributed by atoms with Gasteiger partial charge in [0.25, 0.3) is 5.91 Å². The summed E-state index contributed by atoms with van der Waals surface area (Å²) in [5.41, 5.74) is 0.329. The molecule has 1 unspecified atom stereocenters. The van der Waals surface area contributed by atoms with Crippen molar-refractivity contribution in [3.8, 4) is 6.07 Å². The van der Waals surface area contributed by atoms with E-state index in [0.29, 0.717) is 11.4 Å². The van der Waals surface area contributed by atoms with Gasteiger partial charge in [-0.25, -0.2) is 4.98 Å². The van der Waals surface area contributed by atoms with E-state index in [-0.39, 0.29) is 0 Å². The molecule has 0 fully saturated rings. The molecule has 0 spiro atoms. The molecule has 0 saturated heterocycles. The Morgan fingerprint density at radius 3 is 2.40 bits per heavy atom. The average Bonchev–Trinajstić information content (AvgIpc) is 2.49. The number of carbonyl (C=O) groups excluding carboxylic acids is 2. The summed E-state index contributed by atoms with van der Waals surface area (Å²) in [4.78, 5) is 28.0. The number of nitrogens with one attached hydrogen (secondary N) is 1. The fourth-order valence-corrected chi connectivity index (χ4v) is 1.64. The monoisotopic (exact) mass is 265 g/mol. The lowest BCUT2D eigenvalue weighted by Crippen LogP contribution is -2.29. The molecule has 0 bridgehead atoms. The van der Waals surface area contributed by atoms with Gasteiger partial charge in [0.05, 0.1) is 6.07 Å². The topological polar surface area (TPSA) is 82.8 Å². The van der Waals surface area contributed by atoms with Crippen LogP contribution in [-0.2, 0) is 4.79 Å². The normalized spacial score (nSPS) is 11.2. The summed E-state index contributed by atoms with van der Waals surface area (Å²) in [6.07, 6.45) is 1.51. The van der Waals surface area contributed by atoms with E-state index in [4.69, 9.17) is 5.26 Å². The first kappa shape index (κ1) is 13.4. The summed E-state index contributed by atoms with van der Waals surface area (Å²) in [6.45, 7) is 0. The lowest BCUT2D eigenvalue weighted by atomic mass is 9.98. The van der Waals surface area contributed by atoms with Crippen molar-refractivity contribution in [2.24, 2.45) is 5.92 Å². The zero-order valence-electron chi connectivity index (χ0n) is 10.5. The van der Waals surface area contributed by atoms with Crippen molar-refractivity contribution in [2.45, 2.75) is 0 Å². The van der Waals surface area contributed by atoms with Crippen LogP contribution < -0.4 is 5.32 Å². The van der Waals surface area contributed by atoms with Crippen LogP contribution in [0.15, 0.2) is 54.7 Å². The summed E-state index contributed by atoms with van der Waals surface area (Å²) >= 11 is 0. The second-order valence-electron chi connectivity index (χ2n) is 4.00. The number of amides is 1. The van der Waals surface area contributed by atoms with Gasteiger partial charge in [0.2, 0.25) is 0 Å². The van der Waals surface area contributed by atoms with Crippen molar-refractivity contribution < 1.29 is 9.59 Å². The third-order valence-corrected chi connectivity index (χ3v) is 2.63. The van der Waals surface area contributed by atoms with E-state index in [2.05, 4.69) is 10.3 Å². The van der Waals surface area contributed by atoms with E-state index < -0.39 is 17.6 Å². The maximum atomic E-state index is 12.1. The van der Waals surface area contributed by atoms with Gasteiger partial charge in [-0.2, -0.15) is 5.26 Å². The minimum atomic E-state index is -1.39. The zero-order chi connectivity index (χ0) is 14.4. The lowest BCUT2D eigenvalue weighted by Gasteiger charge is -2.08. The fourth-order valence-electron chi connectivity index (χ4n) is 1.64. The molecule has 0 aliphatic carbocycles. The summed E-state index contributed by atoms with van der Waals surface area (Å²) in [6, 6.07) is 15.0. The Kier molecular flexibility index (Phi) is 4.20. The van der Waals surface area contributed by atoms with Crippen LogP contribution in [-0.4, -0.2) is 16.7 Å². The molecule has 0 aliphatic heterocycles. The number of hydrogen-bond acceptors (Lipinski definition) is 4. The predicted molar refractivity (Wildman–Crippen MR) is 72.7 cm³/mol. The Hall–Kier alpha value is -3.00. The Labute approximate surface area is 115 Å². The van der Waals surface area contributed by atoms with Crippen LogP contribution in [0.2, 0.25) is 0 Å². The molecule has 5 nitrogen and oxygen atoms in total. The molecular weight excluding hydrogens is 254 g/mol. The second-order valence-corrected chi connectivity index (χ2v) is 4.00. The van der Waals surface area contributed by atoms with E-state index >= 15 is 0 Å². The number of rotatable bonds is 4. The predicted octanol–water partition coefficient (Wildman–Crippen LogP) is 2.04. The maximum Gasteiger partial charge on any atom is 0.250 e. The number of carbonyl (C=O) groups is 2. The Bertz CT molecular complexity index is 648. The van der Waals surface area contributed by atoms with Gasteiger partial charge < -0.3 is 5.32 Å². The van der Waals surface area contributed by atoms with Crippen LogP contribution in [0, 0.1) is 17.2 Å². The minimum absolute atomic E-state index is 0.304. The van der Waals surface area contributed by atoms with E-state index in [1.54, 1.807) is 54.6 Å². The molecule has 1 aromatic heterocycles. The number of anilines is 1. The van der Waals surface area contributed by atoms with Crippen molar-refractivity contribution in [1.29, 1.82) is 5.26 Å². The zero-order valence-corrected chi connectivity index (χ0v) is 10.5. The molecule has 1 atom stereocenters. The van der Waals surface area contributed by atoms with Gasteiger partial charge in [0.1, 0.15) is 5.82 Å². The van der Waals surface area contributed by atoms with Crippen molar-refractivity contribution in [3.05, 3.63) is 60.3 Å². The van der Waals surface area contributed by atoms with Crippen molar-refractivity contribution in [3.63, 3.8) is 0 Å². The third-order valence-electron chi connectivity index (χ3n) is 2.63. The van der Waals surface area contributed by atoms with E-state index in [9.17, 15) is 9.59 Å². The van der Waals surface area contributed by atoms with E-state index in [0.717, 1.165) is 0 Å². The molecule has 0 radical (unpaired) electrons. The number of benzene rings is 1. The van der Waals surface area contributed by atoms with Crippen LogP contribution in [0.3, 0.4) is 0 Å². The molecule has 5 heteroatoms. The standard InChI is InChI=1S/C15H11N3O2/c16-10-12(14(19)11-6-2-1-3-7-11)15(20)18-13-8-4-5-9-17-13/h1-9,12H,(H,17,18,20). The van der Waals surface area contributed by atoms with Crippen LogP contribution in [0.25, 0.3) is 0 Å². The molecule has 1 aromatic carbocycles. The summed E-state index contributed by atoms with van der Waals surface area (Å²) in [5.74, 6) is -2.29. The molecule has 1 amide bonds. The minimum Gasteiger partial charge on any atom is -0.309 e. The summed E-state index contributed by atoms with van der Waals surface area (Å²) < 4.78 is 0. The fraction of sp³-hybridized carbons (Fsp3) is 0.0667. The number of Topliss-reactive ketones (excluding diaryl/α,β-unsaturated/α-hetero) is 1. The molecular formula is C15H11N3O2. The highest BCUT2D eigenvalue weighted by Crippen LogP contribution is 2.11. The number of aromatic nitrogens is 1. The van der Waals surface area contributed by atoms with Gasteiger partial charge in [-0.05, 0) is 12.1 Å². The Balaban J connectivity index is 2.15. The highest BCUT2D eigenvalue weighted by atomic mass is 16.2. The number of nitriles is 1. The van der Waals surface area contributed by atoms with Crippen LogP contribution >= 0.6 is 0 Å². The molecule has 20 heavy (non-hydrogen) atoms. The largest absolute Gasteiger partial charge is 0.309 e. The Morgan fingerprint density at radius 1 is 1.10 bits per heavy atom. The highest BCUT2D eigenvalue weighted by Gasteiger charge is 2.27. The molecule has 1 heterocycles. The number of pyridine rings is 1. The smallest absolute Gasteiger partial charge is 0.250 e. The molecule has 2 aromatic rings. The van der Waals surface area contributed by atoms with Crippen LogP contribution in [0.5, 0.6) is 0 Å². The van der Waals surface area contributed by atoms with Crippen molar-refractivity contribution >= 4 is 17.5 Å². The molecule has 2 rings (SSSR count). The van der Waals surface area contributed by atoms with Gasteiger partial charge in [-0.3, -0.25) is 9.59 Å². The first-order chi connectivity index (χ1) is 9.72. The quantitative estimate of drug-likeness (QED) is 0.677. The van der Waals surface area contributed by atoms with Gasteiger partial charge in [0, 0.05) is 11.8 Å². The molecule has 98 valence electrons. The number of hydrogen-bond donors (Lipinski definition) is 1. The average molecular weight is 265 g/mol. The van der Waals surface area contributed by atoms with E-state index in [1.165, 1.54) is 6.20 Å². The Morgan fingerprint density at radius 2 is 1.80 bits per heavy atom. The van der Waals surface area contributed by atoms with Gasteiger partial charge in [-0.1, -0.05) is 36.4 Å². The van der Waals surface area contributed by atoms with Crippen molar-refractivity contribution in [1.82, 2.24) is 4.98 Å². The van der Waals surface area contributed by atoms with Gasteiger partial charge >= 0.3 is 0 Å². The summed E-state index contributed by atoms with van der Waals surface area (Å²) in [7, 11) is 0. The third kappa shape index (κ3) is 3.06. The second kappa shape index (κ2) is 6.25.